The zero-order valence-electron chi connectivity index (χ0n) is 14.5. The Morgan fingerprint density at radius 3 is 2.11 bits per heavy atom. The normalized spacial score (nSPS) is 16.7. The lowest BCUT2D eigenvalue weighted by Crippen LogP contribution is -2.15. The first-order valence-electron chi connectivity index (χ1n) is 8.93. The van der Waals surface area contributed by atoms with Crippen LogP contribution in [0, 0.1) is 0 Å². The molecule has 1 aliphatic rings. The lowest BCUT2D eigenvalue weighted by atomic mass is 9.82. The first-order valence-corrected chi connectivity index (χ1v) is 8.93. The van der Waals surface area contributed by atoms with Gasteiger partial charge in [0.1, 0.15) is 0 Å². The highest BCUT2D eigenvalue weighted by molar-refractivity contribution is 6.06. The minimum Gasteiger partial charge on any atom is -0.270 e. The summed E-state index contributed by atoms with van der Waals surface area (Å²) in [5.41, 5.74) is 2.89. The first kappa shape index (κ1) is 15.6. The van der Waals surface area contributed by atoms with Crippen LogP contribution in [0.25, 0.3) is 27.1 Å². The fraction of sp³-hybridized carbons (Fsp3) is 0.0417. The van der Waals surface area contributed by atoms with Gasteiger partial charge in [-0.2, -0.15) is 5.11 Å². The van der Waals surface area contributed by atoms with Gasteiger partial charge in [0.25, 0.3) is 5.91 Å². The van der Waals surface area contributed by atoms with Crippen molar-refractivity contribution in [1.82, 2.24) is 0 Å². The van der Waals surface area contributed by atoms with Crippen LogP contribution in [-0.2, 0) is 4.79 Å². The summed E-state index contributed by atoms with van der Waals surface area (Å²) < 4.78 is 0. The molecule has 3 nitrogen and oxygen atoms in total. The third-order valence-electron chi connectivity index (χ3n) is 5.15. The maximum absolute atomic E-state index is 12.9. The van der Waals surface area contributed by atoms with Crippen molar-refractivity contribution in [3.8, 4) is 0 Å². The van der Waals surface area contributed by atoms with Gasteiger partial charge < -0.3 is 0 Å². The van der Waals surface area contributed by atoms with Crippen molar-refractivity contribution in [1.29, 1.82) is 0 Å². The SMILES string of the molecule is O=C1N=NC=C(c2cccc3ccccc23)C1c1cccc2ccccc12. The number of carbonyl (C=O) groups is 1. The number of hydrogen-bond acceptors (Lipinski definition) is 2. The fourth-order valence-electron chi connectivity index (χ4n) is 3.92. The summed E-state index contributed by atoms with van der Waals surface area (Å²) in [6, 6.07) is 28.6. The molecule has 3 heteroatoms. The standard InChI is InChI=1S/C24H16N2O/c27-24-23(21-14-6-10-17-8-2-4-12-19(17)21)22(15-25-26-24)20-13-5-9-16-7-1-3-11-18(16)20/h1-15,23H. The second-order valence-corrected chi connectivity index (χ2v) is 6.67. The summed E-state index contributed by atoms with van der Waals surface area (Å²) in [4.78, 5) is 12.9. The number of rotatable bonds is 2. The third kappa shape index (κ3) is 2.56. The summed E-state index contributed by atoms with van der Waals surface area (Å²) in [7, 11) is 0. The van der Waals surface area contributed by atoms with Crippen molar-refractivity contribution in [3.63, 3.8) is 0 Å². The van der Waals surface area contributed by atoms with Crippen molar-refractivity contribution in [2.24, 2.45) is 10.2 Å². The van der Waals surface area contributed by atoms with Gasteiger partial charge in [0.05, 0.1) is 12.1 Å². The Morgan fingerprint density at radius 1 is 0.667 bits per heavy atom. The quantitative estimate of drug-likeness (QED) is 0.431. The van der Waals surface area contributed by atoms with Crippen molar-refractivity contribution in [2.75, 3.05) is 0 Å². The number of carbonyl (C=O) groups excluding carboxylic acids is 1. The molecule has 1 unspecified atom stereocenters. The predicted molar refractivity (Wildman–Crippen MR) is 108 cm³/mol. The van der Waals surface area contributed by atoms with Crippen LogP contribution < -0.4 is 0 Å². The van der Waals surface area contributed by atoms with Crippen LogP contribution in [0.15, 0.2) is 101 Å². The summed E-state index contributed by atoms with van der Waals surface area (Å²) in [5.74, 6) is -0.684. The number of benzene rings is 4. The zero-order chi connectivity index (χ0) is 18.2. The second-order valence-electron chi connectivity index (χ2n) is 6.67. The van der Waals surface area contributed by atoms with E-state index in [4.69, 9.17) is 0 Å². The number of nitrogens with zero attached hydrogens (tertiary/aromatic N) is 2. The Labute approximate surface area is 156 Å². The monoisotopic (exact) mass is 348 g/mol. The van der Waals surface area contributed by atoms with Gasteiger partial charge in [0, 0.05) is 0 Å². The minimum atomic E-state index is -0.459. The van der Waals surface area contributed by atoms with Gasteiger partial charge in [-0.05, 0) is 38.2 Å². The van der Waals surface area contributed by atoms with E-state index in [-0.39, 0.29) is 5.91 Å². The highest BCUT2D eigenvalue weighted by Gasteiger charge is 2.30. The largest absolute Gasteiger partial charge is 0.276 e. The van der Waals surface area contributed by atoms with Crippen LogP contribution in [0.3, 0.4) is 0 Å². The Hall–Kier alpha value is -3.59. The molecule has 0 fully saturated rings. The molecule has 4 aromatic carbocycles. The van der Waals surface area contributed by atoms with Crippen LogP contribution >= 0.6 is 0 Å². The fourth-order valence-corrected chi connectivity index (χ4v) is 3.92. The number of amides is 1. The van der Waals surface area contributed by atoms with Gasteiger partial charge in [0.15, 0.2) is 0 Å². The van der Waals surface area contributed by atoms with Crippen LogP contribution in [-0.4, -0.2) is 5.91 Å². The number of azo groups is 1. The maximum atomic E-state index is 12.9. The molecule has 0 aromatic heterocycles. The van der Waals surface area contributed by atoms with Gasteiger partial charge >= 0.3 is 0 Å². The lowest BCUT2D eigenvalue weighted by molar-refractivity contribution is -0.118. The topological polar surface area (TPSA) is 41.8 Å². The van der Waals surface area contributed by atoms with Crippen molar-refractivity contribution in [3.05, 3.63) is 102 Å². The maximum Gasteiger partial charge on any atom is 0.276 e. The summed E-state index contributed by atoms with van der Waals surface area (Å²) >= 11 is 0. The van der Waals surface area contributed by atoms with E-state index in [2.05, 4.69) is 52.7 Å². The molecule has 0 N–H and O–H groups in total. The van der Waals surface area contributed by atoms with Gasteiger partial charge in [-0.3, -0.25) is 4.79 Å². The van der Waals surface area contributed by atoms with E-state index in [0.29, 0.717) is 0 Å². The average Bonchev–Trinajstić information content (AvgIpc) is 2.73. The van der Waals surface area contributed by atoms with E-state index < -0.39 is 5.92 Å². The highest BCUT2D eigenvalue weighted by atomic mass is 16.2. The highest BCUT2D eigenvalue weighted by Crippen LogP contribution is 2.41. The van der Waals surface area contributed by atoms with Crippen LogP contribution in [0.1, 0.15) is 17.0 Å². The molecule has 4 aromatic rings. The molecule has 128 valence electrons. The van der Waals surface area contributed by atoms with Gasteiger partial charge in [0.2, 0.25) is 0 Å². The summed E-state index contributed by atoms with van der Waals surface area (Å²) in [6.45, 7) is 0. The molecule has 1 atom stereocenters. The Balaban J connectivity index is 1.77. The van der Waals surface area contributed by atoms with E-state index >= 15 is 0 Å². The summed E-state index contributed by atoms with van der Waals surface area (Å²) in [5, 5.41) is 12.3. The molecule has 1 amide bonds. The molecule has 27 heavy (non-hydrogen) atoms. The summed E-state index contributed by atoms with van der Waals surface area (Å²) in [6.07, 6.45) is 1.73. The smallest absolute Gasteiger partial charge is 0.270 e. The minimum absolute atomic E-state index is 0.225. The Bertz CT molecular complexity index is 1240. The lowest BCUT2D eigenvalue weighted by Gasteiger charge is -2.22. The van der Waals surface area contributed by atoms with E-state index in [0.717, 1.165) is 38.2 Å². The molecule has 0 spiro atoms. The van der Waals surface area contributed by atoms with Crippen LogP contribution in [0.2, 0.25) is 0 Å². The van der Waals surface area contributed by atoms with Crippen LogP contribution in [0.5, 0.6) is 0 Å². The number of hydrogen-bond donors (Lipinski definition) is 0. The van der Waals surface area contributed by atoms with E-state index in [1.165, 1.54) is 0 Å². The molecule has 1 aliphatic heterocycles. The third-order valence-corrected chi connectivity index (χ3v) is 5.15. The van der Waals surface area contributed by atoms with Crippen molar-refractivity contribution in [2.45, 2.75) is 5.92 Å². The van der Waals surface area contributed by atoms with Crippen LogP contribution in [0.4, 0.5) is 0 Å². The molecule has 0 saturated heterocycles. The van der Waals surface area contributed by atoms with E-state index in [9.17, 15) is 4.79 Å². The predicted octanol–water partition coefficient (Wildman–Crippen LogP) is 6.11. The van der Waals surface area contributed by atoms with Crippen molar-refractivity contribution >= 4 is 33.0 Å². The first-order chi connectivity index (χ1) is 13.3. The molecular formula is C24H16N2O. The molecular weight excluding hydrogens is 332 g/mol. The number of fused-ring (bicyclic) bond motifs is 2. The molecule has 0 aliphatic carbocycles. The van der Waals surface area contributed by atoms with E-state index in [1.54, 1.807) is 6.20 Å². The molecule has 5 rings (SSSR count). The second kappa shape index (κ2) is 6.29. The van der Waals surface area contributed by atoms with Gasteiger partial charge in [-0.25, -0.2) is 0 Å². The average molecular weight is 348 g/mol. The van der Waals surface area contributed by atoms with Gasteiger partial charge in [-0.1, -0.05) is 84.9 Å². The Morgan fingerprint density at radius 2 is 1.30 bits per heavy atom. The van der Waals surface area contributed by atoms with E-state index in [1.807, 2.05) is 42.5 Å². The molecule has 0 saturated carbocycles. The van der Waals surface area contributed by atoms with Crippen molar-refractivity contribution < 1.29 is 4.79 Å². The molecule has 0 bridgehead atoms. The van der Waals surface area contributed by atoms with Gasteiger partial charge in [-0.15, -0.1) is 5.11 Å². The molecule has 1 heterocycles. The molecule has 0 radical (unpaired) electrons. The Kier molecular flexibility index (Phi) is 3.65. The zero-order valence-corrected chi connectivity index (χ0v) is 14.5.